The van der Waals surface area contributed by atoms with Crippen molar-refractivity contribution < 1.29 is 5.11 Å². The topological polar surface area (TPSA) is 32.3 Å². The van der Waals surface area contributed by atoms with E-state index in [9.17, 15) is 0 Å². The van der Waals surface area contributed by atoms with E-state index in [1.807, 2.05) is 6.92 Å². The summed E-state index contributed by atoms with van der Waals surface area (Å²) in [6.07, 6.45) is 0. The zero-order valence-corrected chi connectivity index (χ0v) is 11.4. The normalized spacial score (nSPS) is 14.9. The second kappa shape index (κ2) is 6.45. The largest absolute Gasteiger partial charge is 0.396 e. The van der Waals surface area contributed by atoms with Crippen LogP contribution in [0.1, 0.15) is 19.4 Å². The highest BCUT2D eigenvalue weighted by Gasteiger charge is 2.09. The van der Waals surface area contributed by atoms with E-state index in [4.69, 9.17) is 5.11 Å². The maximum atomic E-state index is 9.00. The van der Waals surface area contributed by atoms with Gasteiger partial charge in [0.25, 0.3) is 0 Å². The Kier molecular flexibility index (Phi) is 5.56. The third kappa shape index (κ3) is 4.49. The molecule has 0 aliphatic heterocycles. The maximum Gasteiger partial charge on any atom is 0.0471 e. The Labute approximate surface area is 105 Å². The zero-order chi connectivity index (χ0) is 11.3. The summed E-state index contributed by atoms with van der Waals surface area (Å²) in [5.74, 6) is 0.300. The van der Waals surface area contributed by atoms with Crippen molar-refractivity contribution in [2.45, 2.75) is 26.4 Å². The predicted octanol–water partition coefficient (Wildman–Crippen LogP) is 2.40. The van der Waals surface area contributed by atoms with Crippen LogP contribution in [0.2, 0.25) is 0 Å². The van der Waals surface area contributed by atoms with Gasteiger partial charge in [0.15, 0.2) is 0 Å². The molecule has 84 valence electrons. The minimum absolute atomic E-state index is 0.237. The zero-order valence-electron chi connectivity index (χ0n) is 9.20. The predicted molar refractivity (Wildman–Crippen MR) is 71.7 cm³/mol. The minimum Gasteiger partial charge on any atom is -0.396 e. The molecule has 2 N–H and O–H groups in total. The lowest BCUT2D eigenvalue weighted by molar-refractivity contribution is 0.207. The lowest BCUT2D eigenvalue weighted by Crippen LogP contribution is -2.33. The average Bonchev–Trinajstić information content (AvgIpc) is 2.26. The summed E-state index contributed by atoms with van der Waals surface area (Å²) in [5.41, 5.74) is 1.28. The van der Waals surface area contributed by atoms with E-state index in [2.05, 4.69) is 59.1 Å². The van der Waals surface area contributed by atoms with Crippen molar-refractivity contribution in [3.63, 3.8) is 0 Å². The molecule has 3 heteroatoms. The van der Waals surface area contributed by atoms with Gasteiger partial charge in [-0.25, -0.2) is 0 Å². The summed E-state index contributed by atoms with van der Waals surface area (Å²) in [4.78, 5) is 0. The molecule has 1 aromatic carbocycles. The highest BCUT2D eigenvalue weighted by molar-refractivity contribution is 14.1. The van der Waals surface area contributed by atoms with Crippen molar-refractivity contribution in [3.05, 3.63) is 33.4 Å². The third-order valence-corrected chi connectivity index (χ3v) is 3.40. The maximum absolute atomic E-state index is 9.00. The Hall–Kier alpha value is -0.130. The van der Waals surface area contributed by atoms with Gasteiger partial charge in [0.05, 0.1) is 0 Å². The van der Waals surface area contributed by atoms with Crippen LogP contribution < -0.4 is 5.32 Å². The van der Waals surface area contributed by atoms with Gasteiger partial charge in [-0.05, 0) is 53.1 Å². The number of hydrogen-bond acceptors (Lipinski definition) is 2. The first-order chi connectivity index (χ1) is 7.13. The van der Waals surface area contributed by atoms with Crippen LogP contribution in [0, 0.1) is 9.49 Å². The van der Waals surface area contributed by atoms with E-state index in [1.165, 1.54) is 9.13 Å². The minimum atomic E-state index is 0.237. The first-order valence-electron chi connectivity index (χ1n) is 5.22. The summed E-state index contributed by atoms with van der Waals surface area (Å²) in [7, 11) is 0. The van der Waals surface area contributed by atoms with E-state index in [0.717, 1.165) is 6.54 Å². The van der Waals surface area contributed by atoms with Gasteiger partial charge >= 0.3 is 0 Å². The van der Waals surface area contributed by atoms with Gasteiger partial charge in [-0.2, -0.15) is 0 Å². The second-order valence-electron chi connectivity index (χ2n) is 3.96. The Balaban J connectivity index is 2.40. The summed E-state index contributed by atoms with van der Waals surface area (Å²) >= 11 is 2.30. The van der Waals surface area contributed by atoms with Crippen LogP contribution in [0.4, 0.5) is 0 Å². The molecule has 1 rings (SSSR count). The van der Waals surface area contributed by atoms with Gasteiger partial charge in [0.1, 0.15) is 0 Å². The van der Waals surface area contributed by atoms with Gasteiger partial charge in [-0.1, -0.05) is 19.1 Å². The van der Waals surface area contributed by atoms with Gasteiger partial charge < -0.3 is 10.4 Å². The summed E-state index contributed by atoms with van der Waals surface area (Å²) in [6.45, 7) is 5.25. The van der Waals surface area contributed by atoms with Crippen molar-refractivity contribution >= 4 is 22.6 Å². The molecule has 0 fully saturated rings. The molecular weight excluding hydrogens is 301 g/mol. The van der Waals surface area contributed by atoms with Gasteiger partial charge in [-0.15, -0.1) is 0 Å². The molecule has 0 saturated heterocycles. The molecule has 2 nitrogen and oxygen atoms in total. The van der Waals surface area contributed by atoms with Gasteiger partial charge in [-0.3, -0.25) is 0 Å². The molecular formula is C12H18INO. The van der Waals surface area contributed by atoms with E-state index in [1.54, 1.807) is 0 Å². The van der Waals surface area contributed by atoms with Crippen LogP contribution in [0.5, 0.6) is 0 Å². The molecule has 1 aromatic rings. The fourth-order valence-electron chi connectivity index (χ4n) is 1.24. The number of aliphatic hydroxyl groups is 1. The van der Waals surface area contributed by atoms with Crippen molar-refractivity contribution in [1.82, 2.24) is 5.32 Å². The van der Waals surface area contributed by atoms with Crippen molar-refractivity contribution in [2.75, 3.05) is 6.61 Å². The SMILES string of the molecule is CC(CO)C(C)NCc1ccc(I)cc1. The molecule has 0 heterocycles. The van der Waals surface area contributed by atoms with E-state index in [-0.39, 0.29) is 6.61 Å². The molecule has 15 heavy (non-hydrogen) atoms. The number of aliphatic hydroxyl groups excluding tert-OH is 1. The molecule has 0 saturated carbocycles. The monoisotopic (exact) mass is 319 g/mol. The lowest BCUT2D eigenvalue weighted by Gasteiger charge is -2.19. The van der Waals surface area contributed by atoms with Crippen LogP contribution in [0.25, 0.3) is 0 Å². The number of rotatable bonds is 5. The van der Waals surface area contributed by atoms with Crippen molar-refractivity contribution in [1.29, 1.82) is 0 Å². The molecule has 2 unspecified atom stereocenters. The highest BCUT2D eigenvalue weighted by Crippen LogP contribution is 2.08. The first-order valence-corrected chi connectivity index (χ1v) is 6.30. The summed E-state index contributed by atoms with van der Waals surface area (Å²) in [6, 6.07) is 8.82. The summed E-state index contributed by atoms with van der Waals surface area (Å²) < 4.78 is 1.26. The number of nitrogens with one attached hydrogen (secondary N) is 1. The average molecular weight is 319 g/mol. The van der Waals surface area contributed by atoms with Crippen LogP contribution in [-0.4, -0.2) is 17.8 Å². The second-order valence-corrected chi connectivity index (χ2v) is 5.20. The molecule has 0 aliphatic rings. The third-order valence-electron chi connectivity index (χ3n) is 2.68. The van der Waals surface area contributed by atoms with Crippen LogP contribution in [0.15, 0.2) is 24.3 Å². The van der Waals surface area contributed by atoms with Gasteiger partial charge in [0, 0.05) is 22.8 Å². The van der Waals surface area contributed by atoms with E-state index in [0.29, 0.717) is 12.0 Å². The molecule has 0 bridgehead atoms. The number of benzene rings is 1. The Bertz CT molecular complexity index is 286. The van der Waals surface area contributed by atoms with Crippen molar-refractivity contribution in [3.8, 4) is 0 Å². The van der Waals surface area contributed by atoms with Crippen LogP contribution in [0.3, 0.4) is 0 Å². The Morgan fingerprint density at radius 2 is 1.87 bits per heavy atom. The molecule has 0 amide bonds. The molecule has 0 aromatic heterocycles. The van der Waals surface area contributed by atoms with E-state index < -0.39 is 0 Å². The number of hydrogen-bond donors (Lipinski definition) is 2. The fourth-order valence-corrected chi connectivity index (χ4v) is 1.60. The van der Waals surface area contributed by atoms with Gasteiger partial charge in [0.2, 0.25) is 0 Å². The molecule has 2 atom stereocenters. The van der Waals surface area contributed by atoms with Crippen molar-refractivity contribution in [2.24, 2.45) is 5.92 Å². The van der Waals surface area contributed by atoms with Crippen LogP contribution in [-0.2, 0) is 6.54 Å². The quantitative estimate of drug-likeness (QED) is 0.817. The fraction of sp³-hybridized carbons (Fsp3) is 0.500. The molecule has 0 aliphatic carbocycles. The Morgan fingerprint density at radius 1 is 1.27 bits per heavy atom. The summed E-state index contributed by atoms with van der Waals surface area (Å²) in [5, 5.41) is 12.4. The first kappa shape index (κ1) is 12.9. The number of halogens is 1. The highest BCUT2D eigenvalue weighted by atomic mass is 127. The molecule has 0 spiro atoms. The smallest absolute Gasteiger partial charge is 0.0471 e. The Morgan fingerprint density at radius 3 is 2.40 bits per heavy atom. The lowest BCUT2D eigenvalue weighted by atomic mass is 10.0. The standard InChI is InChI=1S/C12H18INO/c1-9(8-15)10(2)14-7-11-3-5-12(13)6-4-11/h3-6,9-10,14-15H,7-8H2,1-2H3. The van der Waals surface area contributed by atoms with E-state index >= 15 is 0 Å². The van der Waals surface area contributed by atoms with Crippen LogP contribution >= 0.6 is 22.6 Å². The molecule has 0 radical (unpaired) electrons.